The number of carbonyl (C=O) groups excluding carboxylic acids is 1. The van der Waals surface area contributed by atoms with Crippen molar-refractivity contribution < 1.29 is 14.5 Å². The molecule has 22 heavy (non-hydrogen) atoms. The second-order valence-electron chi connectivity index (χ2n) is 4.61. The molecule has 0 radical (unpaired) electrons. The van der Waals surface area contributed by atoms with Gasteiger partial charge in [0.2, 0.25) is 0 Å². The van der Waals surface area contributed by atoms with Crippen LogP contribution in [0.3, 0.4) is 0 Å². The topological polar surface area (TPSA) is 69.4 Å². The quantitative estimate of drug-likeness (QED) is 0.372. The first kappa shape index (κ1) is 15.9. The van der Waals surface area contributed by atoms with Gasteiger partial charge in [0.05, 0.1) is 22.5 Å². The molecule has 2 rings (SSSR count). The van der Waals surface area contributed by atoms with E-state index in [1.54, 1.807) is 43.3 Å². The Morgan fingerprint density at radius 2 is 1.91 bits per heavy atom. The van der Waals surface area contributed by atoms with Crippen molar-refractivity contribution in [3.8, 4) is 0 Å². The Morgan fingerprint density at radius 1 is 1.23 bits per heavy atom. The lowest BCUT2D eigenvalue weighted by Gasteiger charge is -2.12. The Balaban J connectivity index is 2.59. The van der Waals surface area contributed by atoms with Crippen LogP contribution in [-0.4, -0.2) is 23.9 Å². The first-order valence-corrected chi connectivity index (χ1v) is 7.81. The molecule has 0 aliphatic rings. The van der Waals surface area contributed by atoms with Crippen LogP contribution in [0.25, 0.3) is 0 Å². The van der Waals surface area contributed by atoms with Crippen molar-refractivity contribution in [2.24, 2.45) is 0 Å². The van der Waals surface area contributed by atoms with Gasteiger partial charge in [-0.25, -0.2) is 4.79 Å². The number of nitro benzene ring substituents is 1. The van der Waals surface area contributed by atoms with Crippen LogP contribution in [0.1, 0.15) is 15.9 Å². The molecule has 0 bridgehead atoms. The molecule has 2 aromatic carbocycles. The molecule has 0 aliphatic carbocycles. The highest BCUT2D eigenvalue weighted by molar-refractivity contribution is 8.14. The minimum atomic E-state index is -0.863. The third-order valence-electron chi connectivity index (χ3n) is 3.13. The lowest BCUT2D eigenvalue weighted by atomic mass is 10.2. The van der Waals surface area contributed by atoms with Crippen molar-refractivity contribution >= 4 is 28.0 Å². The van der Waals surface area contributed by atoms with E-state index in [9.17, 15) is 14.9 Å². The number of ether oxygens (including phenoxy) is 1. The maximum absolute atomic E-state index is 11.9. The smallest absolute Gasteiger partial charge is 0.338 e. The molecule has 0 saturated carbocycles. The average molecular weight is 317 g/mol. The van der Waals surface area contributed by atoms with Gasteiger partial charge in [0.1, 0.15) is 0 Å². The minimum absolute atomic E-state index is 0.0120. The van der Waals surface area contributed by atoms with Crippen molar-refractivity contribution in [2.75, 3.05) is 7.11 Å². The van der Waals surface area contributed by atoms with E-state index >= 15 is 0 Å². The maximum atomic E-state index is 11.9. The van der Waals surface area contributed by atoms with Gasteiger partial charge in [-0.15, -0.1) is 10.5 Å². The maximum Gasteiger partial charge on any atom is 0.338 e. The number of aryl methyl sites for hydroxylation is 1. The monoisotopic (exact) mass is 317 g/mol. The van der Waals surface area contributed by atoms with E-state index < -0.39 is 21.4 Å². The van der Waals surface area contributed by atoms with Gasteiger partial charge in [-0.3, -0.25) is 10.1 Å². The molecule has 0 heterocycles. The van der Waals surface area contributed by atoms with E-state index in [1.165, 1.54) is 13.2 Å². The van der Waals surface area contributed by atoms with Gasteiger partial charge in [0, 0.05) is 11.0 Å². The summed E-state index contributed by atoms with van der Waals surface area (Å²) in [6.07, 6.45) is 0. The van der Waals surface area contributed by atoms with Crippen molar-refractivity contribution in [3.05, 3.63) is 63.7 Å². The molecular formula is C16H15NO4S. The van der Waals surface area contributed by atoms with Crippen LogP contribution < -0.4 is 0 Å². The summed E-state index contributed by atoms with van der Waals surface area (Å²) in [5, 5.41) is 11.3. The van der Waals surface area contributed by atoms with Crippen LogP contribution in [-0.2, 0) is 4.74 Å². The predicted molar refractivity (Wildman–Crippen MR) is 86.9 cm³/mol. The molecule has 114 valence electrons. The molecule has 0 amide bonds. The molecule has 6 heteroatoms. The number of benzene rings is 2. The fourth-order valence-corrected chi connectivity index (χ4v) is 3.57. The molecular weight excluding hydrogens is 302 g/mol. The SMILES string of the molecule is C=S(c1ccccc1C(=O)OC)c1ccc(C)cc1[N+](=O)[O-]. The summed E-state index contributed by atoms with van der Waals surface area (Å²) in [5.74, 6) is 3.56. The summed E-state index contributed by atoms with van der Waals surface area (Å²) >= 11 is 0. The van der Waals surface area contributed by atoms with E-state index in [-0.39, 0.29) is 5.69 Å². The summed E-state index contributed by atoms with van der Waals surface area (Å²) in [6.45, 7) is 1.79. The largest absolute Gasteiger partial charge is 0.465 e. The summed E-state index contributed by atoms with van der Waals surface area (Å²) in [6, 6.07) is 11.9. The van der Waals surface area contributed by atoms with Crippen molar-refractivity contribution in [1.29, 1.82) is 0 Å². The molecule has 0 fully saturated rings. The molecule has 1 unspecified atom stereocenters. The number of nitro groups is 1. The lowest BCUT2D eigenvalue weighted by molar-refractivity contribution is -0.387. The predicted octanol–water partition coefficient (Wildman–Crippen LogP) is 3.81. The van der Waals surface area contributed by atoms with Gasteiger partial charge in [0.25, 0.3) is 5.69 Å². The highest BCUT2D eigenvalue weighted by Gasteiger charge is 2.20. The molecule has 1 atom stereocenters. The molecule has 0 aliphatic heterocycles. The fraction of sp³-hybridized carbons (Fsp3) is 0.125. The van der Waals surface area contributed by atoms with E-state index in [1.807, 2.05) is 0 Å². The molecule has 0 saturated heterocycles. The third-order valence-corrected chi connectivity index (χ3v) is 4.90. The summed E-state index contributed by atoms with van der Waals surface area (Å²) in [5.41, 5.74) is 1.19. The lowest BCUT2D eigenvalue weighted by Crippen LogP contribution is -2.03. The molecule has 2 aromatic rings. The number of esters is 1. The number of carbonyl (C=O) groups is 1. The van der Waals surface area contributed by atoms with E-state index in [2.05, 4.69) is 5.87 Å². The number of rotatable bonds is 4. The third kappa shape index (κ3) is 3.07. The van der Waals surface area contributed by atoms with Crippen LogP contribution in [0.2, 0.25) is 0 Å². The highest BCUT2D eigenvalue weighted by atomic mass is 32.2. The highest BCUT2D eigenvalue weighted by Crippen LogP contribution is 2.41. The number of hydrogen-bond acceptors (Lipinski definition) is 4. The van der Waals surface area contributed by atoms with Crippen molar-refractivity contribution in [2.45, 2.75) is 16.7 Å². The molecule has 0 spiro atoms. The van der Waals surface area contributed by atoms with Gasteiger partial charge >= 0.3 is 5.97 Å². The van der Waals surface area contributed by atoms with Crippen molar-refractivity contribution in [3.63, 3.8) is 0 Å². The van der Waals surface area contributed by atoms with Crippen LogP contribution in [0.4, 0.5) is 5.69 Å². The zero-order valence-electron chi connectivity index (χ0n) is 12.2. The van der Waals surface area contributed by atoms with Gasteiger partial charge in [0.15, 0.2) is 0 Å². The number of nitrogens with zero attached hydrogens (tertiary/aromatic N) is 1. The summed E-state index contributed by atoms with van der Waals surface area (Å²) in [4.78, 5) is 23.8. The van der Waals surface area contributed by atoms with Gasteiger partial charge in [-0.1, -0.05) is 24.1 Å². The second-order valence-corrected chi connectivity index (χ2v) is 6.27. The Hall–Kier alpha value is -2.47. The molecule has 5 nitrogen and oxygen atoms in total. The second kappa shape index (κ2) is 6.53. The van der Waals surface area contributed by atoms with Crippen LogP contribution >= 0.6 is 10.5 Å². The van der Waals surface area contributed by atoms with Crippen LogP contribution in [0, 0.1) is 17.0 Å². The van der Waals surface area contributed by atoms with Crippen LogP contribution in [0.15, 0.2) is 52.3 Å². The zero-order chi connectivity index (χ0) is 16.3. The Morgan fingerprint density at radius 3 is 2.55 bits per heavy atom. The fourth-order valence-electron chi connectivity index (χ4n) is 2.06. The first-order chi connectivity index (χ1) is 10.5. The van der Waals surface area contributed by atoms with E-state index in [4.69, 9.17) is 4.74 Å². The van der Waals surface area contributed by atoms with E-state index in [0.29, 0.717) is 15.4 Å². The molecule has 0 N–H and O–H groups in total. The minimum Gasteiger partial charge on any atom is -0.465 e. The number of hydrogen-bond donors (Lipinski definition) is 0. The summed E-state index contributed by atoms with van der Waals surface area (Å²) < 4.78 is 4.76. The van der Waals surface area contributed by atoms with Crippen LogP contribution in [0.5, 0.6) is 0 Å². The van der Waals surface area contributed by atoms with Gasteiger partial charge < -0.3 is 4.74 Å². The zero-order valence-corrected chi connectivity index (χ0v) is 13.1. The van der Waals surface area contributed by atoms with Crippen molar-refractivity contribution in [1.82, 2.24) is 0 Å². The summed E-state index contributed by atoms with van der Waals surface area (Å²) in [7, 11) is 0.437. The van der Waals surface area contributed by atoms with Gasteiger partial charge in [-0.2, -0.15) is 0 Å². The normalized spacial score (nSPS) is 11.7. The Kier molecular flexibility index (Phi) is 4.72. The standard InChI is InChI=1S/C16H15NO4S/c1-11-8-9-15(13(10-11)17(19)20)22(3)14-7-5-4-6-12(14)16(18)21-2/h4-10H,3H2,1-2H3. The number of methoxy groups -OCH3 is 1. The first-order valence-electron chi connectivity index (χ1n) is 6.42. The Bertz CT molecular complexity index is 770. The van der Waals surface area contributed by atoms with Gasteiger partial charge in [-0.05, 0) is 30.7 Å². The Labute approximate surface area is 130 Å². The van der Waals surface area contributed by atoms with E-state index in [0.717, 1.165) is 5.56 Å². The molecule has 0 aromatic heterocycles. The average Bonchev–Trinajstić information content (AvgIpc) is 2.53.